The van der Waals surface area contributed by atoms with Crippen molar-refractivity contribution < 1.29 is 14.3 Å². The van der Waals surface area contributed by atoms with Gasteiger partial charge in [-0.05, 0) is 30.3 Å². The molecule has 1 N–H and O–H groups in total. The quantitative estimate of drug-likeness (QED) is 0.773. The summed E-state index contributed by atoms with van der Waals surface area (Å²) in [7, 11) is 5.45. The fraction of sp³-hybridized carbons (Fsp3) is 0.250. The molecule has 8 heteroatoms. The second-order valence-electron chi connectivity index (χ2n) is 6.40. The zero-order valence-corrected chi connectivity index (χ0v) is 17.3. The molecule has 1 aliphatic heterocycles. The summed E-state index contributed by atoms with van der Waals surface area (Å²) >= 11 is 7.38. The molecule has 2 amide bonds. The van der Waals surface area contributed by atoms with Crippen molar-refractivity contribution in [3.05, 3.63) is 53.1 Å². The SMILES string of the molecule is COc1ccc(NC(=O)C[C@H]2SC(c3ccc(N(C)C)cc3)=NC2=O)cc1Cl. The smallest absolute Gasteiger partial charge is 0.260 e. The Labute approximate surface area is 172 Å². The fourth-order valence-electron chi connectivity index (χ4n) is 2.67. The van der Waals surface area contributed by atoms with Gasteiger partial charge in [0.05, 0.1) is 12.1 Å². The van der Waals surface area contributed by atoms with Gasteiger partial charge in [-0.15, -0.1) is 0 Å². The molecular formula is C20H20ClN3O3S. The number of nitrogens with one attached hydrogen (secondary N) is 1. The lowest BCUT2D eigenvalue weighted by Gasteiger charge is -2.12. The summed E-state index contributed by atoms with van der Waals surface area (Å²) in [6.07, 6.45) is 0.0376. The van der Waals surface area contributed by atoms with E-state index in [0.29, 0.717) is 21.5 Å². The van der Waals surface area contributed by atoms with E-state index < -0.39 is 5.25 Å². The lowest BCUT2D eigenvalue weighted by atomic mass is 10.2. The number of rotatable bonds is 6. The Morgan fingerprint density at radius 1 is 1.25 bits per heavy atom. The Morgan fingerprint density at radius 2 is 1.96 bits per heavy atom. The maximum absolute atomic E-state index is 12.3. The summed E-state index contributed by atoms with van der Waals surface area (Å²) in [6, 6.07) is 12.8. The summed E-state index contributed by atoms with van der Waals surface area (Å²) in [5, 5.41) is 3.27. The molecule has 1 heterocycles. The number of halogens is 1. The molecule has 3 rings (SSSR count). The van der Waals surface area contributed by atoms with E-state index in [2.05, 4.69) is 10.3 Å². The van der Waals surface area contributed by atoms with Crippen LogP contribution in [0.2, 0.25) is 5.02 Å². The summed E-state index contributed by atoms with van der Waals surface area (Å²) in [4.78, 5) is 30.7. The maximum atomic E-state index is 12.3. The minimum atomic E-state index is -0.530. The van der Waals surface area contributed by atoms with E-state index in [-0.39, 0.29) is 18.2 Å². The number of nitrogens with zero attached hydrogens (tertiary/aromatic N) is 2. The number of hydrogen-bond acceptors (Lipinski definition) is 5. The molecule has 1 aliphatic rings. The van der Waals surface area contributed by atoms with Crippen LogP contribution in [0.25, 0.3) is 0 Å². The molecule has 1 atom stereocenters. The third-order valence-electron chi connectivity index (χ3n) is 4.18. The van der Waals surface area contributed by atoms with Crippen molar-refractivity contribution in [1.29, 1.82) is 0 Å². The maximum Gasteiger partial charge on any atom is 0.260 e. The van der Waals surface area contributed by atoms with Crippen LogP contribution in [0.4, 0.5) is 11.4 Å². The Balaban J connectivity index is 1.60. The molecule has 0 bridgehead atoms. The average Bonchev–Trinajstić information content (AvgIpc) is 3.02. The number of methoxy groups -OCH3 is 1. The Bertz CT molecular complexity index is 929. The second kappa shape index (κ2) is 8.67. The molecule has 0 aliphatic carbocycles. The Hall–Kier alpha value is -2.51. The second-order valence-corrected chi connectivity index (χ2v) is 8.00. The van der Waals surface area contributed by atoms with Gasteiger partial charge in [0.25, 0.3) is 5.91 Å². The third kappa shape index (κ3) is 4.66. The monoisotopic (exact) mass is 417 g/mol. The van der Waals surface area contributed by atoms with Gasteiger partial charge in [-0.3, -0.25) is 9.59 Å². The molecule has 6 nitrogen and oxygen atoms in total. The lowest BCUT2D eigenvalue weighted by Crippen LogP contribution is -2.21. The Morgan fingerprint density at radius 3 is 2.57 bits per heavy atom. The van der Waals surface area contributed by atoms with Crippen LogP contribution in [0.15, 0.2) is 47.5 Å². The van der Waals surface area contributed by atoms with Crippen molar-refractivity contribution in [3.63, 3.8) is 0 Å². The van der Waals surface area contributed by atoms with Crippen molar-refractivity contribution >= 4 is 51.6 Å². The van der Waals surface area contributed by atoms with Crippen LogP contribution in [-0.2, 0) is 9.59 Å². The molecule has 146 valence electrons. The van der Waals surface area contributed by atoms with Crippen LogP contribution in [-0.4, -0.2) is 43.3 Å². The molecule has 0 saturated heterocycles. The first kappa shape index (κ1) is 20.2. The first-order chi connectivity index (χ1) is 13.4. The number of hydrogen-bond donors (Lipinski definition) is 1. The topological polar surface area (TPSA) is 71.0 Å². The van der Waals surface area contributed by atoms with Gasteiger partial charge in [0.15, 0.2) is 0 Å². The first-order valence-corrected chi connectivity index (χ1v) is 9.83. The van der Waals surface area contributed by atoms with E-state index in [0.717, 1.165) is 11.3 Å². The van der Waals surface area contributed by atoms with E-state index >= 15 is 0 Å². The highest BCUT2D eigenvalue weighted by Gasteiger charge is 2.31. The van der Waals surface area contributed by atoms with Gasteiger partial charge in [0, 0.05) is 37.5 Å². The Kier molecular flexibility index (Phi) is 6.26. The lowest BCUT2D eigenvalue weighted by molar-refractivity contribution is -0.121. The molecule has 28 heavy (non-hydrogen) atoms. The molecule has 0 saturated carbocycles. The van der Waals surface area contributed by atoms with Gasteiger partial charge in [0.1, 0.15) is 16.0 Å². The minimum absolute atomic E-state index is 0.0376. The zero-order valence-electron chi connectivity index (χ0n) is 15.7. The van der Waals surface area contributed by atoms with E-state index in [9.17, 15) is 9.59 Å². The van der Waals surface area contributed by atoms with Crippen LogP contribution >= 0.6 is 23.4 Å². The molecule has 0 spiro atoms. The van der Waals surface area contributed by atoms with Crippen molar-refractivity contribution in [3.8, 4) is 5.75 Å². The van der Waals surface area contributed by atoms with Crippen LogP contribution in [0.1, 0.15) is 12.0 Å². The average molecular weight is 418 g/mol. The number of benzene rings is 2. The fourth-order valence-corrected chi connectivity index (χ4v) is 4.00. The normalized spacial score (nSPS) is 15.9. The minimum Gasteiger partial charge on any atom is -0.495 e. The highest BCUT2D eigenvalue weighted by Crippen LogP contribution is 2.31. The molecule has 0 fully saturated rings. The van der Waals surface area contributed by atoms with Gasteiger partial charge in [-0.25, -0.2) is 4.99 Å². The van der Waals surface area contributed by atoms with E-state index in [1.54, 1.807) is 18.2 Å². The number of ether oxygens (including phenoxy) is 1. The molecule has 2 aromatic rings. The van der Waals surface area contributed by atoms with Gasteiger partial charge >= 0.3 is 0 Å². The number of thioether (sulfide) groups is 1. The highest BCUT2D eigenvalue weighted by molar-refractivity contribution is 8.16. The number of aliphatic imine (C=N–C) groups is 1. The van der Waals surface area contributed by atoms with Crippen molar-refractivity contribution in [2.45, 2.75) is 11.7 Å². The van der Waals surface area contributed by atoms with Gasteiger partial charge in [-0.1, -0.05) is 35.5 Å². The van der Waals surface area contributed by atoms with E-state index in [4.69, 9.17) is 16.3 Å². The largest absolute Gasteiger partial charge is 0.495 e. The summed E-state index contributed by atoms with van der Waals surface area (Å²) < 4.78 is 5.09. The van der Waals surface area contributed by atoms with Crippen LogP contribution in [0.5, 0.6) is 5.75 Å². The van der Waals surface area contributed by atoms with Crippen molar-refractivity contribution in [2.24, 2.45) is 4.99 Å². The van der Waals surface area contributed by atoms with E-state index in [1.165, 1.54) is 18.9 Å². The standard InChI is InChI=1S/C20H20ClN3O3S/c1-24(2)14-7-4-12(5-8-14)20-23-19(26)17(28-20)11-18(25)22-13-6-9-16(27-3)15(21)10-13/h4-10,17H,11H2,1-3H3,(H,22,25)/t17-/m1/s1. The molecule has 2 aromatic carbocycles. The van der Waals surface area contributed by atoms with Crippen LogP contribution in [0.3, 0.4) is 0 Å². The summed E-state index contributed by atoms with van der Waals surface area (Å²) in [5.74, 6) is -0.0365. The summed E-state index contributed by atoms with van der Waals surface area (Å²) in [6.45, 7) is 0. The highest BCUT2D eigenvalue weighted by atomic mass is 35.5. The molecular weight excluding hydrogens is 398 g/mol. The number of carbonyl (C=O) groups excluding carboxylic acids is 2. The molecule has 0 aromatic heterocycles. The predicted molar refractivity (Wildman–Crippen MR) is 115 cm³/mol. The van der Waals surface area contributed by atoms with Crippen LogP contribution < -0.4 is 15.0 Å². The molecule has 0 unspecified atom stereocenters. The number of amides is 2. The van der Waals surface area contributed by atoms with Crippen LogP contribution in [0, 0.1) is 0 Å². The van der Waals surface area contributed by atoms with Crippen molar-refractivity contribution in [1.82, 2.24) is 0 Å². The first-order valence-electron chi connectivity index (χ1n) is 8.57. The number of anilines is 2. The van der Waals surface area contributed by atoms with E-state index in [1.807, 2.05) is 43.3 Å². The molecule has 0 radical (unpaired) electrons. The van der Waals surface area contributed by atoms with Gasteiger partial charge in [0.2, 0.25) is 5.91 Å². The summed E-state index contributed by atoms with van der Waals surface area (Å²) in [5.41, 5.74) is 2.48. The van der Waals surface area contributed by atoms with Crippen molar-refractivity contribution in [2.75, 3.05) is 31.4 Å². The van der Waals surface area contributed by atoms with Gasteiger partial charge in [-0.2, -0.15) is 0 Å². The predicted octanol–water partition coefficient (Wildman–Crippen LogP) is 3.83. The number of carbonyl (C=O) groups is 2. The third-order valence-corrected chi connectivity index (χ3v) is 5.68. The zero-order chi connectivity index (χ0) is 20.3. The van der Waals surface area contributed by atoms with Gasteiger partial charge < -0.3 is 15.0 Å².